The Morgan fingerprint density at radius 2 is 1.96 bits per heavy atom. The third kappa shape index (κ3) is 7.73. The molecule has 15 nitrogen and oxygen atoms in total. The number of sulfonamides is 1. The molecule has 1 unspecified atom stereocenters. The second-order valence-electron chi connectivity index (χ2n) is 11.1. The summed E-state index contributed by atoms with van der Waals surface area (Å²) in [4.78, 5) is 35.7. The van der Waals surface area contributed by atoms with E-state index >= 15 is 0 Å². The molecule has 3 heterocycles. The molecular formula is C29H44N6O9S. The summed E-state index contributed by atoms with van der Waals surface area (Å²) in [7, 11) is -2.64. The Morgan fingerprint density at radius 1 is 1.20 bits per heavy atom. The Hall–Kier alpha value is -2.93. The number of nitrogens with one attached hydrogen (secondary N) is 2. The molecule has 1 aromatic carbocycles. The molecule has 4 rings (SSSR count). The number of nitrogens with zero attached hydrogens (tertiary/aromatic N) is 3. The van der Waals surface area contributed by atoms with Crippen LogP contribution in [-0.4, -0.2) is 78.0 Å². The number of aromatic nitrogens is 3. The standard InChI is InChI=1S/C29H44N6O9S/c1-5-8-20-17-34(7-3)26-25(20)30-27(31-28(26)36)23-16-22(9-10-24(23)42-15-6-2)45(39,40)35-13-11-21(12-14-35)29(37,18-43-32-38)19-44-33-41-4/h9-10,16-17,21,33,37H,5-8,11-15,18-19,32H2,1-4H3,(H,30,31,36). The number of piperidine rings is 1. The second-order valence-corrected chi connectivity index (χ2v) is 13.0. The van der Waals surface area contributed by atoms with Gasteiger partial charge < -0.3 is 24.6 Å². The van der Waals surface area contributed by atoms with Crippen molar-refractivity contribution in [3.05, 3.63) is 45.5 Å². The van der Waals surface area contributed by atoms with Crippen LogP contribution < -0.4 is 21.6 Å². The molecule has 0 bridgehead atoms. The Balaban J connectivity index is 1.66. The van der Waals surface area contributed by atoms with Crippen molar-refractivity contribution in [1.29, 1.82) is 0 Å². The molecule has 1 aliphatic heterocycles. The van der Waals surface area contributed by atoms with E-state index < -0.39 is 21.5 Å². The van der Waals surface area contributed by atoms with Gasteiger partial charge in [0.2, 0.25) is 10.0 Å². The van der Waals surface area contributed by atoms with Crippen LogP contribution in [0.2, 0.25) is 0 Å². The van der Waals surface area contributed by atoms with Gasteiger partial charge in [0.25, 0.3) is 5.56 Å². The van der Waals surface area contributed by atoms with Crippen molar-refractivity contribution in [3.8, 4) is 17.1 Å². The molecule has 5 N–H and O–H groups in total. The van der Waals surface area contributed by atoms with Gasteiger partial charge >= 0.3 is 0 Å². The van der Waals surface area contributed by atoms with Gasteiger partial charge in [-0.15, -0.1) is 0 Å². The first-order valence-corrected chi connectivity index (χ1v) is 16.6. The molecule has 0 amide bonds. The second kappa shape index (κ2) is 15.6. The van der Waals surface area contributed by atoms with Gasteiger partial charge in [0.1, 0.15) is 35.9 Å². The number of aryl methyl sites for hydroxylation is 2. The van der Waals surface area contributed by atoms with Crippen molar-refractivity contribution in [3.63, 3.8) is 0 Å². The molecule has 1 fully saturated rings. The average molecular weight is 653 g/mol. The molecule has 1 atom stereocenters. The van der Waals surface area contributed by atoms with Crippen molar-refractivity contribution >= 4 is 21.1 Å². The first-order valence-electron chi connectivity index (χ1n) is 15.2. The SMILES string of the molecule is CCCOc1ccc(S(=O)(=O)N2CCC(C(O)(CONOC)CO[NH2+][O-])CC2)cc1-c1nc2c(CCC)cn(CC)c2c(=O)[nH]1. The van der Waals surface area contributed by atoms with E-state index in [1.54, 1.807) is 6.07 Å². The molecule has 16 heteroatoms. The van der Waals surface area contributed by atoms with Gasteiger partial charge in [-0.25, -0.2) is 23.9 Å². The monoisotopic (exact) mass is 652 g/mol. The van der Waals surface area contributed by atoms with Crippen molar-refractivity contribution in [2.24, 2.45) is 5.92 Å². The Labute approximate surface area is 262 Å². The number of hydrogen-bond donors (Lipinski definition) is 4. The molecule has 45 heavy (non-hydrogen) atoms. The van der Waals surface area contributed by atoms with E-state index in [0.717, 1.165) is 24.8 Å². The smallest absolute Gasteiger partial charge is 0.275 e. The van der Waals surface area contributed by atoms with Gasteiger partial charge in [-0.05, 0) is 62.3 Å². The summed E-state index contributed by atoms with van der Waals surface area (Å²) in [6, 6.07) is 4.57. The molecule has 2 aromatic heterocycles. The summed E-state index contributed by atoms with van der Waals surface area (Å²) in [5.74, 6) is 0.219. The molecule has 250 valence electrons. The fourth-order valence-corrected chi connectivity index (χ4v) is 7.24. The van der Waals surface area contributed by atoms with Crippen molar-refractivity contribution in [2.75, 3.05) is 40.0 Å². The number of ether oxygens (including phenoxy) is 1. The highest BCUT2D eigenvalue weighted by Gasteiger charge is 2.42. The highest BCUT2D eigenvalue weighted by molar-refractivity contribution is 7.89. The quantitative estimate of drug-likeness (QED) is 0.121. The van der Waals surface area contributed by atoms with E-state index in [9.17, 15) is 23.5 Å². The lowest BCUT2D eigenvalue weighted by molar-refractivity contribution is -0.853. The fraction of sp³-hybridized carbons (Fsp3) is 0.586. The predicted octanol–water partition coefficient (Wildman–Crippen LogP) is 1.36. The Morgan fingerprint density at radius 3 is 2.60 bits per heavy atom. The number of hydrogen-bond acceptors (Lipinski definition) is 11. The first kappa shape index (κ1) is 34.9. The highest BCUT2D eigenvalue weighted by atomic mass is 32.2. The zero-order valence-electron chi connectivity index (χ0n) is 26.2. The molecule has 0 saturated carbocycles. The molecule has 0 aliphatic carbocycles. The zero-order valence-corrected chi connectivity index (χ0v) is 27.0. The number of fused-ring (bicyclic) bond motifs is 1. The van der Waals surface area contributed by atoms with Gasteiger partial charge in [-0.3, -0.25) is 14.5 Å². The van der Waals surface area contributed by atoms with E-state index in [4.69, 9.17) is 19.4 Å². The fourth-order valence-electron chi connectivity index (χ4n) is 5.74. The van der Waals surface area contributed by atoms with Crippen molar-refractivity contribution < 1.29 is 38.4 Å². The lowest BCUT2D eigenvalue weighted by Gasteiger charge is -2.39. The van der Waals surface area contributed by atoms with E-state index in [1.165, 1.54) is 23.5 Å². The molecule has 1 saturated heterocycles. The van der Waals surface area contributed by atoms with E-state index in [2.05, 4.69) is 22.4 Å². The molecule has 3 aromatic rings. The minimum atomic E-state index is -3.98. The topological polar surface area (TPSA) is 197 Å². The Kier molecular flexibility index (Phi) is 12.1. The van der Waals surface area contributed by atoms with Gasteiger partial charge in [0, 0.05) is 25.8 Å². The third-order valence-corrected chi connectivity index (χ3v) is 9.94. The van der Waals surface area contributed by atoms with Crippen molar-refractivity contribution in [2.45, 2.75) is 69.9 Å². The summed E-state index contributed by atoms with van der Waals surface area (Å²) in [5.41, 5.74) is 2.94. The lowest BCUT2D eigenvalue weighted by atomic mass is 9.82. The number of aromatic amines is 1. The lowest BCUT2D eigenvalue weighted by Crippen LogP contribution is -2.78. The number of H-pyrrole nitrogens is 1. The van der Waals surface area contributed by atoms with Crippen LogP contribution in [0.25, 0.3) is 22.4 Å². The van der Waals surface area contributed by atoms with Crippen LogP contribution >= 0.6 is 0 Å². The summed E-state index contributed by atoms with van der Waals surface area (Å²) in [6.07, 6.45) is 4.88. The normalized spacial score (nSPS) is 16.3. The Bertz CT molecular complexity index is 1590. The van der Waals surface area contributed by atoms with E-state index in [0.29, 0.717) is 48.3 Å². The van der Waals surface area contributed by atoms with Crippen molar-refractivity contribution in [1.82, 2.24) is 24.5 Å². The van der Waals surface area contributed by atoms with Crippen LogP contribution in [0.15, 0.2) is 34.1 Å². The number of aliphatic hydroxyl groups is 1. The van der Waals surface area contributed by atoms with Crippen LogP contribution in [0, 0.1) is 11.1 Å². The van der Waals surface area contributed by atoms with Crippen LogP contribution in [0.1, 0.15) is 52.0 Å². The van der Waals surface area contributed by atoms with E-state index in [1.807, 2.05) is 24.6 Å². The van der Waals surface area contributed by atoms with Crippen LogP contribution in [-0.2, 0) is 37.5 Å². The minimum Gasteiger partial charge on any atom is -0.601 e. The largest absolute Gasteiger partial charge is 0.601 e. The molecular weight excluding hydrogens is 608 g/mol. The molecule has 0 spiro atoms. The van der Waals surface area contributed by atoms with Crippen LogP contribution in [0.5, 0.6) is 5.75 Å². The predicted molar refractivity (Wildman–Crippen MR) is 165 cm³/mol. The van der Waals surface area contributed by atoms with Crippen LogP contribution in [0.4, 0.5) is 0 Å². The number of quaternary nitrogens is 1. The number of benzene rings is 1. The van der Waals surface area contributed by atoms with Gasteiger partial charge in [-0.1, -0.05) is 25.9 Å². The number of rotatable bonds is 17. The summed E-state index contributed by atoms with van der Waals surface area (Å²) < 4.78 is 37.0. The summed E-state index contributed by atoms with van der Waals surface area (Å²) in [5, 5.41) is 22.0. The maximum absolute atomic E-state index is 13.9. The average Bonchev–Trinajstić information content (AvgIpc) is 3.41. The highest BCUT2D eigenvalue weighted by Crippen LogP contribution is 2.35. The third-order valence-electron chi connectivity index (χ3n) is 8.04. The maximum atomic E-state index is 13.9. The van der Waals surface area contributed by atoms with E-state index in [-0.39, 0.29) is 48.2 Å². The van der Waals surface area contributed by atoms with Crippen LogP contribution in [0.3, 0.4) is 0 Å². The molecule has 1 aliphatic rings. The minimum absolute atomic E-state index is 0.0228. The van der Waals surface area contributed by atoms with Gasteiger partial charge in [0.15, 0.2) is 0 Å². The number of nitrogens with two attached hydrogens (primary N) is 1. The van der Waals surface area contributed by atoms with Gasteiger partial charge in [-0.2, -0.15) is 4.31 Å². The summed E-state index contributed by atoms with van der Waals surface area (Å²) >= 11 is 0. The maximum Gasteiger partial charge on any atom is 0.275 e. The zero-order chi connectivity index (χ0) is 32.6. The first-order chi connectivity index (χ1) is 21.6. The summed E-state index contributed by atoms with van der Waals surface area (Å²) in [6.45, 7) is 6.65. The molecule has 0 radical (unpaired) electrons. The van der Waals surface area contributed by atoms with Gasteiger partial charge in [0.05, 0.1) is 29.7 Å².